The Labute approximate surface area is 305 Å². The van der Waals surface area contributed by atoms with E-state index in [9.17, 15) is 43.5 Å². The van der Waals surface area contributed by atoms with Crippen LogP contribution in [0.4, 0.5) is 0 Å². The normalized spacial score (nSPS) is 13.4. The summed E-state index contributed by atoms with van der Waals surface area (Å²) in [7, 11) is 5.30. The monoisotopic (exact) mass is 755 g/mol. The molecule has 0 spiro atoms. The average molecular weight is 756 g/mol. The largest absolute Gasteiger partial charge is 0.467 e. The van der Waals surface area contributed by atoms with Gasteiger partial charge in [-0.15, -0.1) is 0 Å². The van der Waals surface area contributed by atoms with E-state index in [1.54, 1.807) is 0 Å². The number of likely N-dealkylation sites (N-methyl/N-ethyl adjacent to an activating group) is 2. The standard InChI is InChI=1S/C13H22N2O7.C9H18N2O5.C6H15N.C4H6O3/c1-7(22-9(3)17)11(13(19)20-5)15-12(18)10(14-4)6-21-8(2)16;1-5(13)7(9(15)16-3)11-8(14)6(4-12)10-2;1-4-7(5-2)6-3;1-3(5)7-4(2)6/h7,10-11,14H,6H2,1-5H3,(H,15,18);5-7,10,12-13H,4H2,1-3H3,(H,11,14);4-6H2,1-3H3;1-2H3/t7-,10+,11+;5-,6+,7+;;/m11../s1. The lowest BCUT2D eigenvalue weighted by molar-refractivity contribution is -0.158. The molecule has 20 heteroatoms. The van der Waals surface area contributed by atoms with Crippen LogP contribution in [-0.2, 0) is 62.0 Å². The third-order valence-electron chi connectivity index (χ3n) is 6.40. The lowest BCUT2D eigenvalue weighted by Gasteiger charge is -2.24. The Morgan fingerprint density at radius 3 is 1.33 bits per heavy atom. The molecule has 0 aromatic carbocycles. The fourth-order valence-corrected chi connectivity index (χ4v) is 3.51. The van der Waals surface area contributed by atoms with Gasteiger partial charge in [0, 0.05) is 27.7 Å². The van der Waals surface area contributed by atoms with Crippen molar-refractivity contribution < 1.29 is 72.3 Å². The molecule has 0 aliphatic heterocycles. The molecule has 0 heterocycles. The van der Waals surface area contributed by atoms with E-state index in [-0.39, 0.29) is 6.61 Å². The van der Waals surface area contributed by atoms with Gasteiger partial charge in [-0.3, -0.25) is 28.8 Å². The van der Waals surface area contributed by atoms with Crippen LogP contribution in [0.1, 0.15) is 62.3 Å². The van der Waals surface area contributed by atoms with Gasteiger partial charge in [0.25, 0.3) is 0 Å². The molecule has 20 nitrogen and oxygen atoms in total. The van der Waals surface area contributed by atoms with E-state index in [4.69, 9.17) is 14.6 Å². The van der Waals surface area contributed by atoms with Crippen molar-refractivity contribution in [3.63, 3.8) is 0 Å². The quantitative estimate of drug-likeness (QED) is 0.0522. The van der Waals surface area contributed by atoms with Crippen LogP contribution in [0.2, 0.25) is 0 Å². The zero-order valence-corrected chi connectivity index (χ0v) is 32.6. The first-order valence-corrected chi connectivity index (χ1v) is 16.3. The second-order valence-corrected chi connectivity index (χ2v) is 10.4. The van der Waals surface area contributed by atoms with Crippen molar-refractivity contribution in [3.8, 4) is 0 Å². The summed E-state index contributed by atoms with van der Waals surface area (Å²) in [5.74, 6) is -4.94. The van der Waals surface area contributed by atoms with Crippen LogP contribution in [0.5, 0.6) is 0 Å². The maximum atomic E-state index is 12.1. The lowest BCUT2D eigenvalue weighted by Crippen LogP contribution is -2.55. The molecule has 0 aromatic heterocycles. The second kappa shape index (κ2) is 32.7. The maximum absolute atomic E-state index is 12.1. The number of nitrogens with one attached hydrogen (secondary N) is 4. The minimum atomic E-state index is -1.17. The summed E-state index contributed by atoms with van der Waals surface area (Å²) in [6.45, 7) is 17.1. The van der Waals surface area contributed by atoms with Crippen LogP contribution < -0.4 is 21.3 Å². The highest BCUT2D eigenvalue weighted by Crippen LogP contribution is 2.03. The smallest absolute Gasteiger partial charge is 0.332 e. The Morgan fingerprint density at radius 2 is 1.06 bits per heavy atom. The third-order valence-corrected chi connectivity index (χ3v) is 6.40. The summed E-state index contributed by atoms with van der Waals surface area (Å²) < 4.78 is 22.6. The van der Waals surface area contributed by atoms with Gasteiger partial charge in [-0.25, -0.2) is 9.59 Å². The van der Waals surface area contributed by atoms with Gasteiger partial charge in [0.2, 0.25) is 11.8 Å². The molecular weight excluding hydrogens is 694 g/mol. The van der Waals surface area contributed by atoms with E-state index < -0.39 is 90.6 Å². The zero-order valence-electron chi connectivity index (χ0n) is 32.6. The van der Waals surface area contributed by atoms with Crippen molar-refractivity contribution in [1.82, 2.24) is 26.2 Å². The van der Waals surface area contributed by atoms with Crippen LogP contribution in [0.3, 0.4) is 0 Å². The summed E-state index contributed by atoms with van der Waals surface area (Å²) >= 11 is 0. The van der Waals surface area contributed by atoms with Crippen LogP contribution in [0, 0.1) is 0 Å². The molecule has 2 amide bonds. The molecule has 0 radical (unpaired) electrons. The molecule has 0 unspecified atom stereocenters. The van der Waals surface area contributed by atoms with Gasteiger partial charge in [0.1, 0.15) is 24.8 Å². The molecule has 52 heavy (non-hydrogen) atoms. The fourth-order valence-electron chi connectivity index (χ4n) is 3.51. The molecule has 0 fully saturated rings. The van der Waals surface area contributed by atoms with Crippen molar-refractivity contribution in [2.75, 3.05) is 61.2 Å². The molecule has 304 valence electrons. The van der Waals surface area contributed by atoms with E-state index >= 15 is 0 Å². The van der Waals surface area contributed by atoms with Gasteiger partial charge in [0.05, 0.1) is 26.9 Å². The first kappa shape index (κ1) is 54.5. The van der Waals surface area contributed by atoms with Gasteiger partial charge in [-0.2, -0.15) is 0 Å². The topological polar surface area (TPSA) is 275 Å². The van der Waals surface area contributed by atoms with E-state index in [1.165, 1.54) is 75.3 Å². The third kappa shape index (κ3) is 28.5. The first-order chi connectivity index (χ1) is 24.2. The minimum absolute atomic E-state index is 0.201. The van der Waals surface area contributed by atoms with Crippen LogP contribution >= 0.6 is 0 Å². The second-order valence-electron chi connectivity index (χ2n) is 10.4. The number of rotatable bonds is 17. The van der Waals surface area contributed by atoms with Crippen molar-refractivity contribution in [1.29, 1.82) is 0 Å². The van der Waals surface area contributed by atoms with Gasteiger partial charge in [0.15, 0.2) is 12.1 Å². The van der Waals surface area contributed by atoms with E-state index in [1.807, 2.05) is 0 Å². The van der Waals surface area contributed by atoms with Gasteiger partial charge in [-0.05, 0) is 47.6 Å². The summed E-state index contributed by atoms with van der Waals surface area (Å²) in [6, 6.07) is -4.00. The SMILES string of the molecule is CC(=O)OC(C)=O.CCN(CC)CC.CN[C@@H](CO)C(=O)N[C@H](C(=O)OC)[C@@H](C)O.CN[C@@H](COC(C)=O)C(=O)N[C@H](C(=O)OC)[C@@H](C)OC(C)=O. The highest BCUT2D eigenvalue weighted by atomic mass is 16.6. The number of amides is 2. The number of hydrogen-bond acceptors (Lipinski definition) is 18. The lowest BCUT2D eigenvalue weighted by atomic mass is 10.1. The minimum Gasteiger partial charge on any atom is -0.467 e. The Bertz CT molecular complexity index is 1060. The number of ether oxygens (including phenoxy) is 5. The highest BCUT2D eigenvalue weighted by Gasteiger charge is 2.32. The zero-order chi connectivity index (χ0) is 41.6. The van der Waals surface area contributed by atoms with Crippen molar-refractivity contribution in [2.24, 2.45) is 0 Å². The number of hydrogen-bond donors (Lipinski definition) is 6. The van der Waals surface area contributed by atoms with Crippen LogP contribution in [-0.4, -0.2) is 160 Å². The molecule has 6 atom stereocenters. The van der Waals surface area contributed by atoms with Gasteiger partial charge in [-0.1, -0.05) is 20.8 Å². The first-order valence-electron chi connectivity index (χ1n) is 16.3. The van der Waals surface area contributed by atoms with Gasteiger partial charge < -0.3 is 60.1 Å². The predicted octanol–water partition coefficient (Wildman–Crippen LogP) is -2.20. The summed E-state index contributed by atoms with van der Waals surface area (Å²) in [5, 5.41) is 28.0. The average Bonchev–Trinajstić information content (AvgIpc) is 3.06. The Morgan fingerprint density at radius 1 is 0.654 bits per heavy atom. The number of nitrogens with zero attached hydrogens (tertiary/aromatic N) is 1. The van der Waals surface area contributed by atoms with E-state index in [0.29, 0.717) is 0 Å². The van der Waals surface area contributed by atoms with Crippen LogP contribution in [0.25, 0.3) is 0 Å². The number of aliphatic hydroxyl groups excluding tert-OH is 2. The molecule has 0 aliphatic carbocycles. The summed E-state index contributed by atoms with van der Waals surface area (Å²) in [6.07, 6.45) is -1.99. The Kier molecular flexibility index (Phi) is 34.2. The molecule has 0 aliphatic rings. The number of aliphatic hydroxyl groups is 2. The fraction of sp³-hybridized carbons (Fsp3) is 0.750. The molecule has 0 bridgehead atoms. The highest BCUT2D eigenvalue weighted by molar-refractivity contribution is 5.89. The van der Waals surface area contributed by atoms with Crippen molar-refractivity contribution in [3.05, 3.63) is 0 Å². The Balaban J connectivity index is -0.000000332. The molecule has 0 aromatic rings. The number of esters is 6. The van der Waals surface area contributed by atoms with E-state index in [2.05, 4.69) is 61.1 Å². The number of methoxy groups -OCH3 is 2. The molecule has 0 saturated heterocycles. The molecule has 0 saturated carbocycles. The van der Waals surface area contributed by atoms with Crippen molar-refractivity contribution in [2.45, 2.75) is 98.7 Å². The molecular formula is C32H61N5O15. The maximum Gasteiger partial charge on any atom is 0.332 e. The number of carbonyl (C=O) groups excluding carboxylic acids is 8. The Hall–Kier alpha value is -4.24. The van der Waals surface area contributed by atoms with Gasteiger partial charge >= 0.3 is 35.8 Å². The van der Waals surface area contributed by atoms with Crippen LogP contribution in [0.15, 0.2) is 0 Å². The number of carbonyl (C=O) groups is 8. The predicted molar refractivity (Wildman–Crippen MR) is 186 cm³/mol. The molecule has 0 rings (SSSR count). The summed E-state index contributed by atoms with van der Waals surface area (Å²) in [4.78, 5) is 90.2. The van der Waals surface area contributed by atoms with Crippen molar-refractivity contribution >= 4 is 47.6 Å². The van der Waals surface area contributed by atoms with E-state index in [0.717, 1.165) is 14.2 Å². The summed E-state index contributed by atoms with van der Waals surface area (Å²) in [5.41, 5.74) is 0. The molecule has 6 N–H and O–H groups in total.